The van der Waals surface area contributed by atoms with E-state index in [9.17, 15) is 4.79 Å². The van der Waals surface area contributed by atoms with E-state index in [2.05, 4.69) is 18.8 Å². The predicted molar refractivity (Wildman–Crippen MR) is 67.8 cm³/mol. The Morgan fingerprint density at radius 2 is 2.31 bits per heavy atom. The molecule has 0 amide bonds. The van der Waals surface area contributed by atoms with Crippen LogP contribution in [0.1, 0.15) is 57.6 Å². The molecule has 0 aromatic carbocycles. The molecule has 0 saturated heterocycles. The summed E-state index contributed by atoms with van der Waals surface area (Å²) in [6, 6.07) is 0. The third-order valence-electron chi connectivity index (χ3n) is 2.79. The van der Waals surface area contributed by atoms with Crippen LogP contribution < -0.4 is 0 Å². The van der Waals surface area contributed by atoms with Crippen molar-refractivity contribution in [3.63, 3.8) is 0 Å². The average Bonchev–Trinajstić information content (AvgIpc) is 2.30. The van der Waals surface area contributed by atoms with Crippen molar-refractivity contribution in [3.8, 4) is 0 Å². The van der Waals surface area contributed by atoms with Gasteiger partial charge in [-0.2, -0.15) is 0 Å². The van der Waals surface area contributed by atoms with Crippen LogP contribution in [0.5, 0.6) is 0 Å². The summed E-state index contributed by atoms with van der Waals surface area (Å²) in [4.78, 5) is 15.9. The zero-order valence-corrected chi connectivity index (χ0v) is 10.3. The molecule has 0 spiro atoms. The van der Waals surface area contributed by atoms with Crippen molar-refractivity contribution >= 4 is 12.7 Å². The SMILES string of the molecule is CCCCCC(=O)CC(C)c1cbccn1. The molecule has 1 unspecified atom stereocenters. The Morgan fingerprint density at radius 1 is 1.50 bits per heavy atom. The number of carbonyl (C=O) groups is 1. The van der Waals surface area contributed by atoms with Gasteiger partial charge in [0.1, 0.15) is 0 Å². The quantitative estimate of drug-likeness (QED) is 0.657. The van der Waals surface area contributed by atoms with E-state index in [1.807, 2.05) is 18.8 Å². The van der Waals surface area contributed by atoms with Crippen molar-refractivity contribution in [2.24, 2.45) is 0 Å². The number of carbonyl (C=O) groups excluding carboxylic acids is 1. The molecule has 0 aliphatic heterocycles. The van der Waals surface area contributed by atoms with Crippen molar-refractivity contribution < 1.29 is 4.79 Å². The van der Waals surface area contributed by atoms with Crippen molar-refractivity contribution in [1.82, 2.24) is 4.98 Å². The minimum atomic E-state index is 0.246. The number of nitrogens with zero attached hydrogens (tertiary/aromatic N) is 1. The summed E-state index contributed by atoms with van der Waals surface area (Å²) < 4.78 is 0. The van der Waals surface area contributed by atoms with Gasteiger partial charge in [0.15, 0.2) is 0 Å². The van der Waals surface area contributed by atoms with E-state index >= 15 is 0 Å². The molecule has 0 N–H and O–H groups in total. The van der Waals surface area contributed by atoms with Crippen LogP contribution in [0.3, 0.4) is 0 Å². The number of unbranched alkanes of at least 4 members (excludes halogenated alkanes) is 2. The number of aromatic nitrogens is 1. The van der Waals surface area contributed by atoms with Crippen LogP contribution in [-0.2, 0) is 4.79 Å². The minimum absolute atomic E-state index is 0.246. The summed E-state index contributed by atoms with van der Waals surface area (Å²) >= 11 is 0. The summed E-state index contributed by atoms with van der Waals surface area (Å²) in [5.41, 5.74) is 1.02. The molecule has 86 valence electrons. The van der Waals surface area contributed by atoms with Crippen LogP contribution in [0.25, 0.3) is 0 Å². The molecule has 2 nitrogen and oxygen atoms in total. The first-order valence-corrected chi connectivity index (χ1v) is 6.16. The van der Waals surface area contributed by atoms with Gasteiger partial charge in [-0.15, -0.1) is 0 Å². The fourth-order valence-corrected chi connectivity index (χ4v) is 1.79. The van der Waals surface area contributed by atoms with E-state index in [4.69, 9.17) is 0 Å². The van der Waals surface area contributed by atoms with Gasteiger partial charge in [-0.3, -0.25) is 0 Å². The Kier molecular flexibility index (Phi) is 5.98. The molecule has 1 aromatic heterocycles. The third-order valence-corrected chi connectivity index (χ3v) is 2.79. The van der Waals surface area contributed by atoms with Gasteiger partial charge < -0.3 is 0 Å². The number of hydrogen-bond donors (Lipinski definition) is 0. The molecule has 3 heteroatoms. The van der Waals surface area contributed by atoms with Gasteiger partial charge in [0, 0.05) is 0 Å². The van der Waals surface area contributed by atoms with E-state index in [0.717, 1.165) is 25.0 Å². The number of hydrogen-bond acceptors (Lipinski definition) is 2. The van der Waals surface area contributed by atoms with Crippen LogP contribution in [0.2, 0.25) is 0 Å². The summed E-state index contributed by atoms with van der Waals surface area (Å²) in [5, 5.41) is 0. The summed E-state index contributed by atoms with van der Waals surface area (Å²) in [5.74, 6) is 4.51. The first kappa shape index (κ1) is 13.1. The van der Waals surface area contributed by atoms with E-state index in [1.165, 1.54) is 6.42 Å². The normalized spacial score (nSPS) is 12.1. The standard InChI is InChI=1S/C13H20BNO/c1-3-4-5-6-12(16)9-11(2)13-10-14-7-8-15-13/h7-8,10-11H,3-6,9H2,1-2H3. The van der Waals surface area contributed by atoms with Gasteiger partial charge in [0.05, 0.1) is 0 Å². The average molecular weight is 217 g/mol. The second kappa shape index (κ2) is 7.31. The van der Waals surface area contributed by atoms with E-state index in [0.29, 0.717) is 12.2 Å². The molecule has 0 aliphatic carbocycles. The molecule has 1 rings (SSSR count). The first-order chi connectivity index (χ1) is 7.74. The second-order valence-electron chi connectivity index (χ2n) is 4.36. The Labute approximate surface area is 98.7 Å². The Balaban J connectivity index is 2.34. The van der Waals surface area contributed by atoms with Crippen molar-refractivity contribution in [2.45, 2.75) is 51.9 Å². The van der Waals surface area contributed by atoms with Gasteiger partial charge in [0.2, 0.25) is 0 Å². The molecule has 0 fully saturated rings. The zero-order chi connectivity index (χ0) is 11.8. The fourth-order valence-electron chi connectivity index (χ4n) is 1.79. The molecule has 0 aliphatic rings. The number of Topliss-reactive ketones (excluding diaryl/α,β-unsaturated/α-hetero) is 1. The molecule has 16 heavy (non-hydrogen) atoms. The van der Waals surface area contributed by atoms with Crippen molar-refractivity contribution in [2.75, 3.05) is 0 Å². The Hall–Kier alpha value is -0.985. The van der Waals surface area contributed by atoms with Crippen molar-refractivity contribution in [1.29, 1.82) is 0 Å². The topological polar surface area (TPSA) is 30.0 Å². The second-order valence-corrected chi connectivity index (χ2v) is 4.36. The molecule has 0 radical (unpaired) electrons. The number of ketones is 1. The third kappa shape index (κ3) is 4.69. The fraction of sp³-hybridized carbons (Fsp3) is 0.615. The van der Waals surface area contributed by atoms with Crippen molar-refractivity contribution in [3.05, 3.63) is 23.8 Å². The van der Waals surface area contributed by atoms with Crippen LogP contribution in [0, 0.1) is 0 Å². The van der Waals surface area contributed by atoms with Gasteiger partial charge in [-0.25, -0.2) is 0 Å². The van der Waals surface area contributed by atoms with Gasteiger partial charge >= 0.3 is 98.2 Å². The van der Waals surface area contributed by atoms with E-state index in [1.54, 1.807) is 6.20 Å². The molecule has 1 atom stereocenters. The van der Waals surface area contributed by atoms with Crippen LogP contribution >= 0.6 is 0 Å². The molecule has 1 heterocycles. The molecular weight excluding hydrogens is 197 g/mol. The molecular formula is C13H20BNO. The summed E-state index contributed by atoms with van der Waals surface area (Å²) in [7, 11) is 0. The monoisotopic (exact) mass is 217 g/mol. The first-order valence-electron chi connectivity index (χ1n) is 6.16. The Morgan fingerprint density at radius 3 is 2.94 bits per heavy atom. The molecule has 0 saturated carbocycles. The molecule has 1 aromatic rings. The van der Waals surface area contributed by atoms with Crippen LogP contribution in [-0.4, -0.2) is 17.7 Å². The Bertz CT molecular complexity index is 313. The maximum absolute atomic E-state index is 11.7. The van der Waals surface area contributed by atoms with Crippen LogP contribution in [0.15, 0.2) is 18.1 Å². The van der Waals surface area contributed by atoms with Gasteiger partial charge in [-0.1, -0.05) is 0 Å². The summed E-state index contributed by atoms with van der Waals surface area (Å²) in [6.07, 6.45) is 6.50. The van der Waals surface area contributed by atoms with E-state index < -0.39 is 0 Å². The van der Waals surface area contributed by atoms with E-state index in [-0.39, 0.29) is 5.92 Å². The van der Waals surface area contributed by atoms with Gasteiger partial charge in [-0.05, 0) is 0 Å². The summed E-state index contributed by atoms with van der Waals surface area (Å²) in [6.45, 7) is 6.20. The predicted octanol–water partition coefficient (Wildman–Crippen LogP) is 3.06. The van der Waals surface area contributed by atoms with Crippen LogP contribution in [0.4, 0.5) is 0 Å². The zero-order valence-electron chi connectivity index (χ0n) is 10.3. The van der Waals surface area contributed by atoms with Gasteiger partial charge in [0.25, 0.3) is 0 Å². The maximum atomic E-state index is 11.7. The number of rotatable bonds is 7. The molecule has 0 bridgehead atoms.